The topological polar surface area (TPSA) is 0 Å². The molecular formula is C13H6BrF13. The summed E-state index contributed by atoms with van der Waals surface area (Å²) in [6.07, 6.45) is -24.7. The normalized spacial score (nSPS) is 15.2. The fraction of sp³-hybridized carbons (Fsp3) is 0.538. The van der Waals surface area contributed by atoms with Gasteiger partial charge < -0.3 is 0 Å². The van der Waals surface area contributed by atoms with Crippen molar-refractivity contribution in [2.45, 2.75) is 36.8 Å². The van der Waals surface area contributed by atoms with Crippen LogP contribution < -0.4 is 0 Å². The molecule has 0 fully saturated rings. The summed E-state index contributed by atoms with van der Waals surface area (Å²) in [5.74, 6) is -15.2. The summed E-state index contributed by atoms with van der Waals surface area (Å²) in [5.41, 5.74) is -7.91. The van der Waals surface area contributed by atoms with Crippen molar-refractivity contribution in [1.29, 1.82) is 0 Å². The molecule has 0 saturated heterocycles. The molecule has 0 amide bonds. The zero-order chi connectivity index (χ0) is 21.7. The van der Waals surface area contributed by atoms with Gasteiger partial charge in [0.2, 0.25) is 5.41 Å². The molecule has 0 aliphatic heterocycles. The first kappa shape index (κ1) is 23.8. The van der Waals surface area contributed by atoms with Crippen LogP contribution in [0.15, 0.2) is 28.7 Å². The average molecular weight is 489 g/mol. The fourth-order valence-electron chi connectivity index (χ4n) is 2.23. The van der Waals surface area contributed by atoms with E-state index in [1.54, 1.807) is 0 Å². The third-order valence-corrected chi connectivity index (χ3v) is 4.11. The molecule has 0 atom stereocenters. The van der Waals surface area contributed by atoms with E-state index >= 15 is 0 Å². The van der Waals surface area contributed by atoms with Crippen LogP contribution in [0.4, 0.5) is 57.1 Å². The van der Waals surface area contributed by atoms with Crippen LogP contribution in [0.2, 0.25) is 0 Å². The number of halogens is 14. The lowest BCUT2D eigenvalue weighted by atomic mass is 9.71. The predicted molar refractivity (Wildman–Crippen MR) is 68.3 cm³/mol. The first-order valence-electron chi connectivity index (χ1n) is 6.42. The van der Waals surface area contributed by atoms with Gasteiger partial charge in [-0.1, -0.05) is 28.1 Å². The molecule has 0 radical (unpaired) electrons. The first-order valence-corrected chi connectivity index (χ1v) is 7.22. The molecule has 0 unspecified atom stereocenters. The summed E-state index contributed by atoms with van der Waals surface area (Å²) in [6.45, 7) is 0. The monoisotopic (exact) mass is 488 g/mol. The quantitative estimate of drug-likeness (QED) is 0.403. The Bertz CT molecular complexity index is 654. The van der Waals surface area contributed by atoms with E-state index in [1.165, 1.54) is 0 Å². The lowest BCUT2D eigenvalue weighted by molar-refractivity contribution is -0.460. The summed E-state index contributed by atoms with van der Waals surface area (Å²) in [6, 6.07) is 2.73. The molecule has 0 aliphatic carbocycles. The highest BCUT2D eigenvalue weighted by Crippen LogP contribution is 2.66. The maximum absolute atomic E-state index is 13.9. The lowest BCUT2D eigenvalue weighted by Gasteiger charge is -2.45. The molecule has 1 aromatic carbocycles. The van der Waals surface area contributed by atoms with Gasteiger partial charge in [0.05, 0.1) is 0 Å². The molecule has 14 heteroatoms. The van der Waals surface area contributed by atoms with Gasteiger partial charge in [-0.05, 0) is 17.7 Å². The third-order valence-electron chi connectivity index (χ3n) is 3.61. The molecule has 0 heterocycles. The van der Waals surface area contributed by atoms with Crippen LogP contribution in [0.5, 0.6) is 0 Å². The van der Waals surface area contributed by atoms with Crippen molar-refractivity contribution in [3.63, 3.8) is 0 Å². The number of hydrogen-bond acceptors (Lipinski definition) is 0. The van der Waals surface area contributed by atoms with Crippen molar-refractivity contribution in [3.8, 4) is 0 Å². The standard InChI is InChI=1S/C13H6BrF13/c14-7-3-1-2-6(4-7)5-8(11(19,20)21,12(22,23)24)9(15,16)10(17,18)13(25,26)27/h1-4H,5H2. The lowest BCUT2D eigenvalue weighted by Crippen LogP contribution is -2.71. The number of hydrogen-bond donors (Lipinski definition) is 0. The van der Waals surface area contributed by atoms with Crippen molar-refractivity contribution in [3.05, 3.63) is 34.3 Å². The minimum atomic E-state index is -7.63. The van der Waals surface area contributed by atoms with Crippen molar-refractivity contribution in [2.24, 2.45) is 5.41 Å². The van der Waals surface area contributed by atoms with E-state index in [9.17, 15) is 57.1 Å². The van der Waals surface area contributed by atoms with Gasteiger partial charge in [0.25, 0.3) is 0 Å². The maximum atomic E-state index is 13.9. The Hall–Kier alpha value is -1.21. The molecular weight excluding hydrogens is 483 g/mol. The SMILES string of the molecule is FC(F)(F)C(F)(F)C(F)(F)C(Cc1cccc(Br)c1)(C(F)(F)F)C(F)(F)F. The van der Waals surface area contributed by atoms with Crippen LogP contribution >= 0.6 is 15.9 Å². The van der Waals surface area contributed by atoms with Gasteiger partial charge in [-0.25, -0.2) is 0 Å². The van der Waals surface area contributed by atoms with Crippen molar-refractivity contribution < 1.29 is 57.1 Å². The number of rotatable bonds is 4. The van der Waals surface area contributed by atoms with E-state index in [1.807, 2.05) is 0 Å². The van der Waals surface area contributed by atoms with Crippen LogP contribution in [0.3, 0.4) is 0 Å². The second-order valence-electron chi connectivity index (χ2n) is 5.35. The van der Waals surface area contributed by atoms with Gasteiger partial charge >= 0.3 is 30.4 Å². The van der Waals surface area contributed by atoms with Crippen LogP contribution in [0, 0.1) is 5.41 Å². The number of benzene rings is 1. The Morgan fingerprint density at radius 2 is 1.07 bits per heavy atom. The van der Waals surface area contributed by atoms with Gasteiger partial charge in [-0.2, -0.15) is 57.1 Å². The highest BCUT2D eigenvalue weighted by Gasteiger charge is 2.91. The summed E-state index contributed by atoms with van der Waals surface area (Å²) in [4.78, 5) is 0. The van der Waals surface area contributed by atoms with E-state index < -0.39 is 47.8 Å². The van der Waals surface area contributed by atoms with Gasteiger partial charge in [0, 0.05) is 10.9 Å². The number of alkyl halides is 13. The van der Waals surface area contributed by atoms with Gasteiger partial charge in [-0.3, -0.25) is 0 Å². The molecule has 0 spiro atoms. The highest BCUT2D eigenvalue weighted by molar-refractivity contribution is 9.10. The Balaban J connectivity index is 3.88. The summed E-state index contributed by atoms with van der Waals surface area (Å²) >= 11 is 2.61. The van der Waals surface area contributed by atoms with E-state index in [0.29, 0.717) is 12.1 Å². The van der Waals surface area contributed by atoms with Gasteiger partial charge in [0.15, 0.2) is 0 Å². The van der Waals surface area contributed by atoms with E-state index in [-0.39, 0.29) is 4.47 Å². The molecule has 156 valence electrons. The molecule has 0 N–H and O–H groups in total. The fourth-order valence-corrected chi connectivity index (χ4v) is 2.67. The van der Waals surface area contributed by atoms with Crippen molar-refractivity contribution in [1.82, 2.24) is 0 Å². The molecule has 0 nitrogen and oxygen atoms in total. The van der Waals surface area contributed by atoms with Crippen LogP contribution in [-0.2, 0) is 6.42 Å². The Morgan fingerprint density at radius 1 is 0.630 bits per heavy atom. The molecule has 1 aromatic rings. The zero-order valence-corrected chi connectivity index (χ0v) is 13.9. The molecule has 0 aliphatic rings. The minimum Gasteiger partial charge on any atom is -0.198 e. The Morgan fingerprint density at radius 3 is 1.41 bits per heavy atom. The second kappa shape index (κ2) is 6.69. The largest absolute Gasteiger partial charge is 0.459 e. The Kier molecular flexibility index (Phi) is 5.91. The molecule has 0 aromatic heterocycles. The van der Waals surface area contributed by atoms with Crippen molar-refractivity contribution in [2.75, 3.05) is 0 Å². The summed E-state index contributed by atoms with van der Waals surface area (Å²) in [7, 11) is 0. The first-order chi connectivity index (χ1) is 11.7. The van der Waals surface area contributed by atoms with Crippen LogP contribution in [0.1, 0.15) is 5.56 Å². The summed E-state index contributed by atoms with van der Waals surface area (Å²) < 4.78 is 170. The molecule has 0 bridgehead atoms. The third kappa shape index (κ3) is 3.73. The smallest absolute Gasteiger partial charge is 0.198 e. The van der Waals surface area contributed by atoms with E-state index in [4.69, 9.17) is 0 Å². The predicted octanol–water partition coefficient (Wildman–Crippen LogP) is 6.94. The highest BCUT2D eigenvalue weighted by atomic mass is 79.9. The maximum Gasteiger partial charge on any atom is 0.459 e. The van der Waals surface area contributed by atoms with Crippen LogP contribution in [-0.4, -0.2) is 30.4 Å². The molecule has 0 saturated carbocycles. The van der Waals surface area contributed by atoms with Gasteiger partial charge in [-0.15, -0.1) is 0 Å². The molecule has 1 rings (SSSR count). The van der Waals surface area contributed by atoms with E-state index in [0.717, 1.165) is 12.1 Å². The Labute approximate surface area is 150 Å². The van der Waals surface area contributed by atoms with E-state index in [2.05, 4.69) is 15.9 Å². The molecule has 27 heavy (non-hydrogen) atoms. The van der Waals surface area contributed by atoms with Crippen LogP contribution in [0.25, 0.3) is 0 Å². The van der Waals surface area contributed by atoms with Gasteiger partial charge in [0.1, 0.15) is 0 Å². The second-order valence-corrected chi connectivity index (χ2v) is 6.27. The summed E-state index contributed by atoms with van der Waals surface area (Å²) in [5, 5.41) is 0. The zero-order valence-electron chi connectivity index (χ0n) is 12.3. The van der Waals surface area contributed by atoms with Crippen molar-refractivity contribution >= 4 is 15.9 Å². The average Bonchev–Trinajstić information content (AvgIpc) is 2.40. The minimum absolute atomic E-state index is 0.218.